The number of likely N-dealkylation sites (tertiary alicyclic amines) is 2. The second-order valence-electron chi connectivity index (χ2n) is 11.5. The van der Waals surface area contributed by atoms with Crippen molar-refractivity contribution in [3.63, 3.8) is 0 Å². The van der Waals surface area contributed by atoms with Gasteiger partial charge in [-0.2, -0.15) is 0 Å². The lowest BCUT2D eigenvalue weighted by atomic mass is 9.72. The fourth-order valence-corrected chi connectivity index (χ4v) is 6.37. The van der Waals surface area contributed by atoms with Crippen molar-refractivity contribution in [2.45, 2.75) is 19.4 Å². The molecule has 216 valence electrons. The Morgan fingerprint density at radius 3 is 2.51 bits per heavy atom. The molecule has 0 saturated carbocycles. The number of amides is 1. The first kappa shape index (κ1) is 26.9. The van der Waals surface area contributed by atoms with Crippen LogP contribution in [0.4, 0.5) is 10.2 Å². The molecule has 43 heavy (non-hydrogen) atoms. The topological polar surface area (TPSA) is 106 Å². The van der Waals surface area contributed by atoms with Gasteiger partial charge in [0.2, 0.25) is 5.91 Å². The number of carbonyl (C=O) groups is 1. The summed E-state index contributed by atoms with van der Waals surface area (Å²) in [4.78, 5) is 34.3. The molecule has 6 heterocycles. The minimum absolute atomic E-state index is 0.0327. The lowest BCUT2D eigenvalue weighted by molar-refractivity contribution is -0.131. The van der Waals surface area contributed by atoms with E-state index in [-0.39, 0.29) is 5.91 Å². The number of pyridine rings is 3. The van der Waals surface area contributed by atoms with Crippen molar-refractivity contribution < 1.29 is 9.18 Å². The van der Waals surface area contributed by atoms with Crippen LogP contribution in [0, 0.1) is 11.2 Å². The minimum Gasteiger partial charge on any atom is -0.383 e. The van der Waals surface area contributed by atoms with Crippen molar-refractivity contribution in [1.82, 2.24) is 34.3 Å². The highest BCUT2D eigenvalue weighted by Gasteiger charge is 2.44. The number of anilines is 1. The van der Waals surface area contributed by atoms with Crippen LogP contribution in [0.5, 0.6) is 0 Å². The fourth-order valence-electron chi connectivity index (χ4n) is 6.37. The van der Waals surface area contributed by atoms with E-state index < -0.39 is 5.82 Å². The zero-order chi connectivity index (χ0) is 29.6. The fraction of sp³-hybridized carbons (Fsp3) is 0.242. The van der Waals surface area contributed by atoms with Gasteiger partial charge < -0.3 is 10.6 Å². The summed E-state index contributed by atoms with van der Waals surface area (Å²) in [5.74, 6) is 0.653. The molecule has 0 bridgehead atoms. The van der Waals surface area contributed by atoms with Crippen molar-refractivity contribution in [2.75, 3.05) is 31.9 Å². The Hall–Kier alpha value is -4.96. The van der Waals surface area contributed by atoms with Crippen LogP contribution < -0.4 is 5.73 Å². The minimum atomic E-state index is -0.393. The predicted molar refractivity (Wildman–Crippen MR) is 163 cm³/mol. The third-order valence-corrected chi connectivity index (χ3v) is 8.64. The Balaban J connectivity index is 1.16. The van der Waals surface area contributed by atoms with E-state index in [4.69, 9.17) is 10.7 Å². The molecular weight excluding hydrogens is 543 g/mol. The number of halogens is 1. The van der Waals surface area contributed by atoms with Gasteiger partial charge in [-0.05, 0) is 72.4 Å². The maximum Gasteiger partial charge on any atom is 0.245 e. The molecule has 2 aliphatic rings. The number of benzene rings is 1. The van der Waals surface area contributed by atoms with E-state index in [0.717, 1.165) is 62.3 Å². The number of nitrogens with zero attached hydrogens (tertiary/aromatic N) is 7. The third-order valence-electron chi connectivity index (χ3n) is 8.64. The summed E-state index contributed by atoms with van der Waals surface area (Å²) >= 11 is 0. The predicted octanol–water partition coefficient (Wildman–Crippen LogP) is 4.88. The van der Waals surface area contributed by atoms with Crippen molar-refractivity contribution in [3.05, 3.63) is 97.2 Å². The highest BCUT2D eigenvalue weighted by Crippen LogP contribution is 2.41. The summed E-state index contributed by atoms with van der Waals surface area (Å²) in [7, 11) is 0. The molecule has 4 aromatic heterocycles. The molecule has 0 aliphatic carbocycles. The zero-order valence-electron chi connectivity index (χ0n) is 23.7. The molecule has 2 fully saturated rings. The maximum absolute atomic E-state index is 13.5. The van der Waals surface area contributed by atoms with Gasteiger partial charge in [-0.3, -0.25) is 19.2 Å². The first-order valence-corrected chi connectivity index (χ1v) is 14.4. The van der Waals surface area contributed by atoms with Gasteiger partial charge in [0.1, 0.15) is 11.6 Å². The van der Waals surface area contributed by atoms with Crippen LogP contribution in [0.25, 0.3) is 39.5 Å². The van der Waals surface area contributed by atoms with Gasteiger partial charge in [0, 0.05) is 56.4 Å². The molecule has 0 unspecified atom stereocenters. The number of nitrogen functional groups attached to an aromatic ring is 1. The van der Waals surface area contributed by atoms with Crippen LogP contribution in [-0.4, -0.2) is 66.4 Å². The van der Waals surface area contributed by atoms with Gasteiger partial charge in [0.15, 0.2) is 11.5 Å². The largest absolute Gasteiger partial charge is 0.383 e. The van der Waals surface area contributed by atoms with E-state index >= 15 is 0 Å². The quantitative estimate of drug-likeness (QED) is 0.288. The lowest BCUT2D eigenvalue weighted by Gasteiger charge is -2.54. The standard InChI is InChI=1S/C33H31FN8O/c1-2-29(43)41-14-11-33(12-15-41)20-40(21-33)19-22-5-8-25(9-6-22)42-28-16-23(27-10-7-24(34)18-37-27)17-38-31(28)39-32(42)26-4-3-13-36-30(26)35/h2-10,13,16-18H,1,11-12,14-15,19-21H2,(H2,35,36). The van der Waals surface area contributed by atoms with Gasteiger partial charge in [0.05, 0.1) is 23.0 Å². The number of carbonyl (C=O) groups excluding carboxylic acids is 1. The van der Waals surface area contributed by atoms with Crippen molar-refractivity contribution in [2.24, 2.45) is 5.41 Å². The Labute approximate surface area is 248 Å². The molecule has 2 N–H and O–H groups in total. The normalized spacial score (nSPS) is 16.3. The molecule has 2 aliphatic heterocycles. The first-order valence-electron chi connectivity index (χ1n) is 14.4. The van der Waals surface area contributed by atoms with Gasteiger partial charge in [-0.1, -0.05) is 18.7 Å². The molecular formula is C33H31FN8O. The van der Waals surface area contributed by atoms with Gasteiger partial charge in [-0.15, -0.1) is 0 Å². The summed E-state index contributed by atoms with van der Waals surface area (Å²) in [6, 6.07) is 17.2. The Kier molecular flexibility index (Phi) is 6.70. The number of aromatic nitrogens is 5. The van der Waals surface area contributed by atoms with E-state index in [1.54, 1.807) is 18.5 Å². The molecule has 7 rings (SSSR count). The van der Waals surface area contributed by atoms with Crippen LogP contribution >= 0.6 is 0 Å². The zero-order valence-corrected chi connectivity index (χ0v) is 23.7. The van der Waals surface area contributed by atoms with Gasteiger partial charge in [-0.25, -0.2) is 19.3 Å². The number of imidazole rings is 1. The first-order chi connectivity index (χ1) is 20.9. The SMILES string of the molecule is C=CC(=O)N1CCC2(CC1)CN(Cc1ccc(-n3c(-c4cccnc4N)nc4ncc(-c5ccc(F)cn5)cc43)cc1)C2. The molecule has 9 nitrogen and oxygen atoms in total. The number of rotatable bonds is 6. The number of nitrogens with two attached hydrogens (primary N) is 1. The Morgan fingerprint density at radius 1 is 1.02 bits per heavy atom. The molecule has 0 radical (unpaired) electrons. The van der Waals surface area contributed by atoms with Crippen LogP contribution in [0.1, 0.15) is 18.4 Å². The maximum atomic E-state index is 13.5. The summed E-state index contributed by atoms with van der Waals surface area (Å²) in [5.41, 5.74) is 12.1. The average Bonchev–Trinajstić information content (AvgIpc) is 3.40. The van der Waals surface area contributed by atoms with E-state index in [9.17, 15) is 9.18 Å². The molecule has 2 saturated heterocycles. The van der Waals surface area contributed by atoms with Crippen molar-refractivity contribution in [3.8, 4) is 28.3 Å². The Bertz CT molecular complexity index is 1820. The molecule has 5 aromatic rings. The van der Waals surface area contributed by atoms with Crippen LogP contribution in [0.2, 0.25) is 0 Å². The highest BCUT2D eigenvalue weighted by atomic mass is 19.1. The second kappa shape index (κ2) is 10.7. The summed E-state index contributed by atoms with van der Waals surface area (Å²) < 4.78 is 15.6. The lowest BCUT2D eigenvalue weighted by Crippen LogP contribution is -2.60. The van der Waals surface area contributed by atoms with Crippen LogP contribution in [0.3, 0.4) is 0 Å². The summed E-state index contributed by atoms with van der Waals surface area (Å²) in [6.45, 7) is 8.20. The molecule has 1 spiro atoms. The van der Waals surface area contributed by atoms with Crippen molar-refractivity contribution >= 4 is 22.9 Å². The highest BCUT2D eigenvalue weighted by molar-refractivity contribution is 5.87. The third kappa shape index (κ3) is 5.03. The Morgan fingerprint density at radius 2 is 1.81 bits per heavy atom. The van der Waals surface area contributed by atoms with Gasteiger partial charge >= 0.3 is 0 Å². The van der Waals surface area contributed by atoms with E-state index in [0.29, 0.717) is 34.0 Å². The number of piperidine rings is 1. The number of fused-ring (bicyclic) bond motifs is 1. The van der Waals surface area contributed by atoms with Gasteiger partial charge in [0.25, 0.3) is 0 Å². The molecule has 1 aromatic carbocycles. The molecule has 0 atom stereocenters. The summed E-state index contributed by atoms with van der Waals surface area (Å²) in [5, 5.41) is 0. The van der Waals surface area contributed by atoms with E-state index in [1.807, 2.05) is 27.7 Å². The second-order valence-corrected chi connectivity index (χ2v) is 11.5. The average molecular weight is 575 g/mol. The van der Waals surface area contributed by atoms with E-state index in [2.05, 4.69) is 50.7 Å². The monoisotopic (exact) mass is 574 g/mol. The molecule has 1 amide bonds. The van der Waals surface area contributed by atoms with Crippen LogP contribution in [0.15, 0.2) is 85.8 Å². The van der Waals surface area contributed by atoms with Crippen LogP contribution in [-0.2, 0) is 11.3 Å². The smallest absolute Gasteiger partial charge is 0.245 e. The molecule has 10 heteroatoms. The number of hydrogen-bond acceptors (Lipinski definition) is 7. The van der Waals surface area contributed by atoms with Crippen molar-refractivity contribution in [1.29, 1.82) is 0 Å². The van der Waals surface area contributed by atoms with E-state index in [1.165, 1.54) is 23.9 Å². The summed E-state index contributed by atoms with van der Waals surface area (Å²) in [6.07, 6.45) is 8.04. The number of hydrogen-bond donors (Lipinski definition) is 1.